The van der Waals surface area contributed by atoms with Gasteiger partial charge in [-0.1, -0.05) is 12.2 Å². The van der Waals surface area contributed by atoms with Gasteiger partial charge in [-0.2, -0.15) is 0 Å². The maximum atomic E-state index is 5.36. The van der Waals surface area contributed by atoms with Crippen LogP contribution < -0.4 is 5.73 Å². The molecule has 0 heterocycles. The number of alkyl halides is 1. The number of unbranched alkanes of at least 4 members (excludes halogenated alkanes) is 1. The van der Waals surface area contributed by atoms with E-state index in [-0.39, 0.29) is 0 Å². The van der Waals surface area contributed by atoms with E-state index in [9.17, 15) is 0 Å². The van der Waals surface area contributed by atoms with E-state index in [1.807, 2.05) is 6.08 Å². The molecule has 0 aliphatic rings. The molecule has 0 spiro atoms. The van der Waals surface area contributed by atoms with E-state index in [1.165, 1.54) is 0 Å². The van der Waals surface area contributed by atoms with Gasteiger partial charge < -0.3 is 5.73 Å². The lowest BCUT2D eigenvalue weighted by Crippen LogP contribution is -1.96. The van der Waals surface area contributed by atoms with E-state index >= 15 is 0 Å². The summed E-state index contributed by atoms with van der Waals surface area (Å²) >= 11 is 5.36. The molecule has 8 heavy (non-hydrogen) atoms. The van der Waals surface area contributed by atoms with Crippen LogP contribution in [0.25, 0.3) is 0 Å². The fourth-order valence-electron chi connectivity index (χ4n) is 0.417. The van der Waals surface area contributed by atoms with Gasteiger partial charge in [0.2, 0.25) is 0 Å². The lowest BCUT2D eigenvalue weighted by Gasteiger charge is -1.85. The summed E-state index contributed by atoms with van der Waals surface area (Å²) in [6, 6.07) is 0. The molecular formula is C6H12ClN. The lowest BCUT2D eigenvalue weighted by atomic mass is 10.3. The molecule has 1 nitrogen and oxygen atoms in total. The van der Waals surface area contributed by atoms with Crippen molar-refractivity contribution in [3.05, 3.63) is 12.2 Å². The van der Waals surface area contributed by atoms with Crippen LogP contribution in [-0.2, 0) is 0 Å². The van der Waals surface area contributed by atoms with Crippen LogP contribution in [0.5, 0.6) is 0 Å². The van der Waals surface area contributed by atoms with Crippen molar-refractivity contribution in [3.63, 3.8) is 0 Å². The fraction of sp³-hybridized carbons (Fsp3) is 0.667. The molecule has 0 unspecified atom stereocenters. The van der Waals surface area contributed by atoms with Crippen molar-refractivity contribution in [1.82, 2.24) is 0 Å². The second-order valence-electron chi connectivity index (χ2n) is 1.56. The predicted molar refractivity (Wildman–Crippen MR) is 38.1 cm³/mol. The van der Waals surface area contributed by atoms with E-state index < -0.39 is 0 Å². The van der Waals surface area contributed by atoms with Crippen molar-refractivity contribution in [2.24, 2.45) is 5.73 Å². The van der Waals surface area contributed by atoms with Gasteiger partial charge >= 0.3 is 0 Å². The van der Waals surface area contributed by atoms with Crippen molar-refractivity contribution in [3.8, 4) is 0 Å². The molecule has 0 rings (SSSR count). The van der Waals surface area contributed by atoms with Gasteiger partial charge in [0, 0.05) is 5.88 Å². The van der Waals surface area contributed by atoms with Gasteiger partial charge in [-0.3, -0.25) is 0 Å². The topological polar surface area (TPSA) is 26.0 Å². The monoisotopic (exact) mass is 133 g/mol. The van der Waals surface area contributed by atoms with Crippen LogP contribution in [0.2, 0.25) is 0 Å². The van der Waals surface area contributed by atoms with Crippen LogP contribution in [0, 0.1) is 0 Å². The minimum atomic E-state index is 0.616. The van der Waals surface area contributed by atoms with Crippen LogP contribution >= 0.6 is 11.6 Å². The third-order valence-corrected chi connectivity index (χ3v) is 1.01. The largest absolute Gasteiger partial charge is 0.330 e. The third kappa shape index (κ3) is 5.99. The average Bonchev–Trinajstić information content (AvgIpc) is 1.81. The molecule has 0 bridgehead atoms. The van der Waals surface area contributed by atoms with Gasteiger partial charge in [-0.15, -0.1) is 11.6 Å². The van der Waals surface area contributed by atoms with Crippen LogP contribution in [0.1, 0.15) is 12.8 Å². The van der Waals surface area contributed by atoms with Gasteiger partial charge in [0.25, 0.3) is 0 Å². The zero-order valence-corrected chi connectivity index (χ0v) is 5.69. The smallest absolute Gasteiger partial charge is 0.0404 e. The first-order valence-corrected chi connectivity index (χ1v) is 3.36. The third-order valence-electron chi connectivity index (χ3n) is 0.831. The number of halogens is 1. The summed E-state index contributed by atoms with van der Waals surface area (Å²) in [6.07, 6.45) is 6.12. The van der Waals surface area contributed by atoms with Gasteiger partial charge in [0.15, 0.2) is 0 Å². The molecule has 0 atom stereocenters. The summed E-state index contributed by atoms with van der Waals surface area (Å²) in [5.74, 6) is 0.616. The molecule has 0 aromatic carbocycles. The highest BCUT2D eigenvalue weighted by Gasteiger charge is 1.75. The lowest BCUT2D eigenvalue weighted by molar-refractivity contribution is 0.854. The minimum Gasteiger partial charge on any atom is -0.330 e. The molecule has 0 fully saturated rings. The molecule has 0 radical (unpaired) electrons. The zero-order chi connectivity index (χ0) is 6.24. The zero-order valence-electron chi connectivity index (χ0n) is 4.94. The first kappa shape index (κ1) is 7.99. The predicted octanol–water partition coefficient (Wildman–Crippen LogP) is 1.52. The number of nitrogens with two attached hydrogens (primary N) is 1. The average molecular weight is 134 g/mol. The van der Waals surface area contributed by atoms with Crippen molar-refractivity contribution in [1.29, 1.82) is 0 Å². The Balaban J connectivity index is 2.80. The Morgan fingerprint density at radius 1 is 1.38 bits per heavy atom. The van der Waals surface area contributed by atoms with Crippen LogP contribution in [0.3, 0.4) is 0 Å². The first-order chi connectivity index (χ1) is 3.91. The molecule has 0 aliphatic carbocycles. The Hall–Kier alpha value is -0.0100. The molecule has 0 saturated carbocycles. The van der Waals surface area contributed by atoms with Crippen molar-refractivity contribution < 1.29 is 0 Å². The van der Waals surface area contributed by atoms with Crippen LogP contribution in [0.4, 0.5) is 0 Å². The Bertz CT molecular complexity index is 61.5. The minimum absolute atomic E-state index is 0.616. The standard InChI is InChI=1S/C6H12ClN/c7-5-3-1-2-4-6-8/h1,3H,2,4-6,8H2. The molecule has 0 aromatic heterocycles. The van der Waals surface area contributed by atoms with Gasteiger partial charge in [0.1, 0.15) is 0 Å². The Kier molecular flexibility index (Phi) is 6.98. The second kappa shape index (κ2) is 6.99. The van der Waals surface area contributed by atoms with Gasteiger partial charge in [-0.25, -0.2) is 0 Å². The first-order valence-electron chi connectivity index (χ1n) is 2.83. The van der Waals surface area contributed by atoms with E-state index in [4.69, 9.17) is 17.3 Å². The molecule has 48 valence electrons. The Morgan fingerprint density at radius 2 is 2.12 bits per heavy atom. The van der Waals surface area contributed by atoms with Crippen LogP contribution in [0.15, 0.2) is 12.2 Å². The molecular weight excluding hydrogens is 122 g/mol. The highest BCUT2D eigenvalue weighted by molar-refractivity contribution is 6.18. The normalized spacial score (nSPS) is 10.8. The summed E-state index contributed by atoms with van der Waals surface area (Å²) in [4.78, 5) is 0. The summed E-state index contributed by atoms with van der Waals surface area (Å²) in [5.41, 5.74) is 5.24. The number of allylic oxidation sites excluding steroid dienone is 2. The Labute approximate surface area is 55.5 Å². The maximum absolute atomic E-state index is 5.36. The van der Waals surface area contributed by atoms with Crippen molar-refractivity contribution in [2.75, 3.05) is 12.4 Å². The summed E-state index contributed by atoms with van der Waals surface area (Å²) < 4.78 is 0. The SMILES string of the molecule is NCCCC=CCCl. The van der Waals surface area contributed by atoms with Crippen molar-refractivity contribution in [2.45, 2.75) is 12.8 Å². The molecule has 0 amide bonds. The van der Waals surface area contributed by atoms with E-state index in [0.717, 1.165) is 19.4 Å². The molecule has 0 saturated heterocycles. The van der Waals surface area contributed by atoms with Crippen LogP contribution in [-0.4, -0.2) is 12.4 Å². The van der Waals surface area contributed by atoms with Gasteiger partial charge in [0.05, 0.1) is 0 Å². The molecule has 0 aromatic rings. The second-order valence-corrected chi connectivity index (χ2v) is 1.87. The van der Waals surface area contributed by atoms with E-state index in [2.05, 4.69) is 6.08 Å². The quantitative estimate of drug-likeness (QED) is 0.351. The van der Waals surface area contributed by atoms with Crippen molar-refractivity contribution >= 4 is 11.6 Å². The number of rotatable bonds is 4. The maximum Gasteiger partial charge on any atom is 0.0404 e. The number of hydrogen-bond donors (Lipinski definition) is 1. The molecule has 0 aliphatic heterocycles. The Morgan fingerprint density at radius 3 is 2.62 bits per heavy atom. The summed E-state index contributed by atoms with van der Waals surface area (Å²) in [5, 5.41) is 0. The number of hydrogen-bond acceptors (Lipinski definition) is 1. The molecule has 2 heteroatoms. The molecule has 2 N–H and O–H groups in total. The summed E-state index contributed by atoms with van der Waals surface area (Å²) in [7, 11) is 0. The highest BCUT2D eigenvalue weighted by Crippen LogP contribution is 1.88. The van der Waals surface area contributed by atoms with E-state index in [1.54, 1.807) is 0 Å². The van der Waals surface area contributed by atoms with E-state index in [0.29, 0.717) is 5.88 Å². The van der Waals surface area contributed by atoms with Gasteiger partial charge in [-0.05, 0) is 19.4 Å². The highest BCUT2D eigenvalue weighted by atomic mass is 35.5. The fourth-order valence-corrected chi connectivity index (χ4v) is 0.543. The summed E-state index contributed by atoms with van der Waals surface area (Å²) in [6.45, 7) is 0.770.